The number of hydrogen-bond donors (Lipinski definition) is 1. The van der Waals surface area contributed by atoms with Crippen LogP contribution in [0.1, 0.15) is 57.4 Å². The van der Waals surface area contributed by atoms with Crippen LogP contribution in [0.25, 0.3) is 0 Å². The van der Waals surface area contributed by atoms with E-state index in [1.54, 1.807) is 36.1 Å². The largest absolute Gasteiger partial charge is 0.352 e. The molecule has 0 aromatic heterocycles. The highest BCUT2D eigenvalue weighted by Gasteiger charge is 2.28. The molecule has 0 unspecified atom stereocenters. The zero-order chi connectivity index (χ0) is 27.0. The van der Waals surface area contributed by atoms with E-state index in [4.69, 9.17) is 11.6 Å². The molecule has 0 saturated heterocycles. The number of nitrogens with zero attached hydrogens (tertiary/aromatic N) is 2. The molecule has 1 aliphatic carbocycles. The molecule has 0 aliphatic heterocycles. The second kappa shape index (κ2) is 13.6. The first-order valence-electron chi connectivity index (χ1n) is 12.6. The Kier molecular flexibility index (Phi) is 10.8. The van der Waals surface area contributed by atoms with Crippen LogP contribution in [-0.2, 0) is 26.2 Å². The summed E-state index contributed by atoms with van der Waals surface area (Å²) < 4.78 is 27.0. The Morgan fingerprint density at radius 3 is 2.46 bits per heavy atom. The molecule has 202 valence electrons. The average molecular weight is 613 g/mol. The highest BCUT2D eigenvalue weighted by atomic mass is 79.9. The lowest BCUT2D eigenvalue weighted by Crippen LogP contribution is -2.50. The fourth-order valence-electron chi connectivity index (χ4n) is 4.62. The van der Waals surface area contributed by atoms with Crippen molar-refractivity contribution >= 4 is 55.1 Å². The van der Waals surface area contributed by atoms with Crippen molar-refractivity contribution < 1.29 is 18.0 Å². The topological polar surface area (TPSA) is 86.8 Å². The molecule has 2 amide bonds. The van der Waals surface area contributed by atoms with Gasteiger partial charge in [0, 0.05) is 35.0 Å². The van der Waals surface area contributed by atoms with Gasteiger partial charge in [0.2, 0.25) is 21.8 Å². The van der Waals surface area contributed by atoms with E-state index in [1.807, 2.05) is 24.3 Å². The maximum atomic E-state index is 13.4. The van der Waals surface area contributed by atoms with E-state index in [0.29, 0.717) is 17.1 Å². The monoisotopic (exact) mass is 611 g/mol. The molecule has 2 aromatic rings. The van der Waals surface area contributed by atoms with Gasteiger partial charge >= 0.3 is 0 Å². The molecular formula is C27H35BrClN3O4S. The van der Waals surface area contributed by atoms with Crippen molar-refractivity contribution in [2.24, 2.45) is 0 Å². The first kappa shape index (κ1) is 29.5. The second-order valence-corrected chi connectivity index (χ2v) is 12.8. The average Bonchev–Trinajstić information content (AvgIpc) is 2.84. The van der Waals surface area contributed by atoms with Gasteiger partial charge in [-0.25, -0.2) is 8.42 Å². The molecule has 1 saturated carbocycles. The van der Waals surface area contributed by atoms with Crippen molar-refractivity contribution in [2.45, 2.75) is 70.5 Å². The van der Waals surface area contributed by atoms with E-state index in [0.717, 1.165) is 42.0 Å². The zero-order valence-electron chi connectivity index (χ0n) is 21.3. The molecular weight excluding hydrogens is 578 g/mol. The molecule has 10 heteroatoms. The van der Waals surface area contributed by atoms with Crippen molar-refractivity contribution in [3.05, 3.63) is 63.6 Å². The van der Waals surface area contributed by atoms with E-state index in [2.05, 4.69) is 21.2 Å². The molecule has 37 heavy (non-hydrogen) atoms. The van der Waals surface area contributed by atoms with E-state index in [1.165, 1.54) is 10.7 Å². The summed E-state index contributed by atoms with van der Waals surface area (Å²) in [5.41, 5.74) is 1.35. The van der Waals surface area contributed by atoms with E-state index in [-0.39, 0.29) is 37.4 Å². The van der Waals surface area contributed by atoms with Gasteiger partial charge < -0.3 is 10.2 Å². The van der Waals surface area contributed by atoms with E-state index < -0.39 is 16.1 Å². The number of rotatable bonds is 11. The Hall–Kier alpha value is -2.10. The number of amides is 2. The van der Waals surface area contributed by atoms with Crippen molar-refractivity contribution in [3.8, 4) is 0 Å². The third kappa shape index (κ3) is 9.00. The van der Waals surface area contributed by atoms with Crippen molar-refractivity contribution in [2.75, 3.05) is 17.1 Å². The number of sulfonamides is 1. The Balaban J connectivity index is 1.71. The predicted molar refractivity (Wildman–Crippen MR) is 152 cm³/mol. The van der Waals surface area contributed by atoms with Gasteiger partial charge in [0.15, 0.2) is 0 Å². The van der Waals surface area contributed by atoms with Gasteiger partial charge in [-0.2, -0.15) is 0 Å². The molecule has 3 rings (SSSR count). The van der Waals surface area contributed by atoms with Crippen LogP contribution in [0.5, 0.6) is 0 Å². The van der Waals surface area contributed by atoms with Crippen LogP contribution in [0, 0.1) is 0 Å². The lowest BCUT2D eigenvalue weighted by atomic mass is 9.95. The third-order valence-corrected chi connectivity index (χ3v) is 8.53. The molecule has 0 bridgehead atoms. The quantitative estimate of drug-likeness (QED) is 0.362. The SMILES string of the molecule is C[C@@H](C(=O)NC1CCCCC1)N(Cc1cccc(Br)c1)C(=O)CCCN(c1cccc(Cl)c1)S(C)(=O)=O. The highest BCUT2D eigenvalue weighted by molar-refractivity contribution is 9.10. The number of carbonyl (C=O) groups is 2. The number of halogens is 2. The number of benzene rings is 2. The Labute approximate surface area is 233 Å². The Bertz CT molecular complexity index is 1190. The summed E-state index contributed by atoms with van der Waals surface area (Å²) in [5.74, 6) is -0.363. The van der Waals surface area contributed by atoms with Gasteiger partial charge in [0.05, 0.1) is 11.9 Å². The minimum atomic E-state index is -3.57. The van der Waals surface area contributed by atoms with Crippen LogP contribution in [0.2, 0.25) is 5.02 Å². The van der Waals surface area contributed by atoms with Crippen molar-refractivity contribution in [1.29, 1.82) is 0 Å². The minimum Gasteiger partial charge on any atom is -0.352 e. The van der Waals surface area contributed by atoms with Gasteiger partial charge in [-0.1, -0.05) is 65.0 Å². The molecule has 0 spiro atoms. The van der Waals surface area contributed by atoms with E-state index >= 15 is 0 Å². The summed E-state index contributed by atoms with van der Waals surface area (Å²) in [6.45, 7) is 2.16. The van der Waals surface area contributed by atoms with Gasteiger partial charge in [-0.3, -0.25) is 13.9 Å². The maximum absolute atomic E-state index is 13.4. The molecule has 1 N–H and O–H groups in total. The molecule has 2 aromatic carbocycles. The third-order valence-electron chi connectivity index (χ3n) is 6.61. The minimum absolute atomic E-state index is 0.0988. The number of nitrogens with one attached hydrogen (secondary N) is 1. The summed E-state index contributed by atoms with van der Waals surface area (Å²) in [6.07, 6.45) is 6.84. The van der Waals surface area contributed by atoms with Crippen LogP contribution in [0.3, 0.4) is 0 Å². The van der Waals surface area contributed by atoms with Gasteiger partial charge in [0.25, 0.3) is 0 Å². The van der Waals surface area contributed by atoms with Crippen molar-refractivity contribution in [3.63, 3.8) is 0 Å². The van der Waals surface area contributed by atoms with Crippen LogP contribution in [0.4, 0.5) is 5.69 Å². The summed E-state index contributed by atoms with van der Waals surface area (Å²) in [4.78, 5) is 28.2. The summed E-state index contributed by atoms with van der Waals surface area (Å²) >= 11 is 9.53. The standard InChI is InChI=1S/C27H35BrClN3O4S/c1-20(27(34)30-24-12-4-3-5-13-24)31(19-21-9-6-10-22(28)17-21)26(33)15-8-16-32(37(2,35)36)25-14-7-11-23(29)18-25/h6-7,9-11,14,17-18,20,24H,3-5,8,12-13,15-16,19H2,1-2H3,(H,30,34)/t20-/m0/s1. The number of carbonyl (C=O) groups excluding carboxylic acids is 2. The van der Waals surface area contributed by atoms with Crippen LogP contribution in [-0.4, -0.2) is 50.0 Å². The molecule has 7 nitrogen and oxygen atoms in total. The Morgan fingerprint density at radius 1 is 1.11 bits per heavy atom. The van der Waals surface area contributed by atoms with Crippen LogP contribution in [0.15, 0.2) is 53.0 Å². The maximum Gasteiger partial charge on any atom is 0.242 e. The van der Waals surface area contributed by atoms with Gasteiger partial charge in [0.1, 0.15) is 6.04 Å². The van der Waals surface area contributed by atoms with Crippen molar-refractivity contribution in [1.82, 2.24) is 10.2 Å². The van der Waals surface area contributed by atoms with Crippen LogP contribution < -0.4 is 9.62 Å². The normalized spacial score (nSPS) is 15.1. The van der Waals surface area contributed by atoms with E-state index in [9.17, 15) is 18.0 Å². The summed E-state index contributed by atoms with van der Waals surface area (Å²) in [5, 5.41) is 3.56. The number of anilines is 1. The first-order valence-corrected chi connectivity index (χ1v) is 15.6. The van der Waals surface area contributed by atoms with Gasteiger partial charge in [-0.15, -0.1) is 0 Å². The fraction of sp³-hybridized carbons (Fsp3) is 0.481. The van der Waals surface area contributed by atoms with Crippen LogP contribution >= 0.6 is 27.5 Å². The smallest absolute Gasteiger partial charge is 0.242 e. The summed E-state index contributed by atoms with van der Waals surface area (Å²) in [7, 11) is -3.57. The molecule has 0 heterocycles. The Morgan fingerprint density at radius 2 is 1.81 bits per heavy atom. The highest BCUT2D eigenvalue weighted by Crippen LogP contribution is 2.23. The molecule has 1 aliphatic rings. The lowest BCUT2D eigenvalue weighted by Gasteiger charge is -2.31. The predicted octanol–water partition coefficient (Wildman–Crippen LogP) is 5.51. The zero-order valence-corrected chi connectivity index (χ0v) is 24.5. The van der Waals surface area contributed by atoms with Gasteiger partial charge in [-0.05, 0) is 62.1 Å². The number of hydrogen-bond acceptors (Lipinski definition) is 4. The summed E-state index contributed by atoms with van der Waals surface area (Å²) in [6, 6.07) is 13.8. The first-order chi connectivity index (χ1) is 17.5. The lowest BCUT2D eigenvalue weighted by molar-refractivity contribution is -0.141. The molecule has 1 atom stereocenters. The second-order valence-electron chi connectivity index (χ2n) is 9.59. The molecule has 1 fully saturated rings. The molecule has 0 radical (unpaired) electrons. The fourth-order valence-corrected chi connectivity index (χ4v) is 6.21.